The van der Waals surface area contributed by atoms with Gasteiger partial charge < -0.3 is 9.64 Å². The van der Waals surface area contributed by atoms with Gasteiger partial charge >= 0.3 is 0 Å². The number of amides is 1. The molecule has 0 spiro atoms. The molecule has 2 aliphatic rings. The van der Waals surface area contributed by atoms with Gasteiger partial charge in [-0.15, -0.1) is 0 Å². The maximum Gasteiger partial charge on any atom is 0.227 e. The predicted molar refractivity (Wildman–Crippen MR) is 96.3 cm³/mol. The highest BCUT2D eigenvalue weighted by Crippen LogP contribution is 2.23. The number of hydrogen-bond acceptors (Lipinski definition) is 3. The minimum Gasteiger partial charge on any atom is -0.373 e. The van der Waals surface area contributed by atoms with E-state index < -0.39 is 0 Å². The van der Waals surface area contributed by atoms with Crippen molar-refractivity contribution >= 4 is 17.5 Å². The highest BCUT2D eigenvalue weighted by Gasteiger charge is 2.31. The number of carbonyl (C=O) groups excluding carboxylic acids is 1. The molecule has 132 valence electrons. The van der Waals surface area contributed by atoms with Gasteiger partial charge in [-0.2, -0.15) is 0 Å². The number of rotatable bonds is 3. The standard InChI is InChI=1S/C19H27ClN2O2/c1-14-12-22(13-15(2)24-14)17-7-9-21(10-8-17)19(23)11-16-5-3-4-6-18(16)20/h3-6,14-15,17H,7-13H2,1-2H3/t14-,15+. The summed E-state index contributed by atoms with van der Waals surface area (Å²) < 4.78 is 5.83. The molecule has 0 unspecified atom stereocenters. The Morgan fingerprint density at radius 2 is 1.79 bits per heavy atom. The predicted octanol–water partition coefficient (Wildman–Crippen LogP) is 2.98. The first-order chi connectivity index (χ1) is 11.5. The van der Waals surface area contributed by atoms with Crippen LogP contribution in [0, 0.1) is 0 Å². The van der Waals surface area contributed by atoms with E-state index in [2.05, 4.69) is 18.7 Å². The molecule has 0 aliphatic carbocycles. The number of morpholine rings is 1. The van der Waals surface area contributed by atoms with Gasteiger partial charge in [-0.05, 0) is 38.3 Å². The van der Waals surface area contributed by atoms with Crippen LogP contribution >= 0.6 is 11.6 Å². The van der Waals surface area contributed by atoms with Crippen LogP contribution in [0.2, 0.25) is 5.02 Å². The Balaban J connectivity index is 1.51. The van der Waals surface area contributed by atoms with Crippen LogP contribution in [-0.4, -0.2) is 60.1 Å². The van der Waals surface area contributed by atoms with Crippen LogP contribution in [0.25, 0.3) is 0 Å². The Hall–Kier alpha value is -1.10. The maximum atomic E-state index is 12.5. The Labute approximate surface area is 149 Å². The first kappa shape index (κ1) is 17.7. The van der Waals surface area contributed by atoms with Gasteiger partial charge in [0, 0.05) is 37.2 Å². The Morgan fingerprint density at radius 3 is 2.42 bits per heavy atom. The molecule has 0 aromatic heterocycles. The lowest BCUT2D eigenvalue weighted by atomic mass is 10.0. The minimum atomic E-state index is 0.185. The highest BCUT2D eigenvalue weighted by molar-refractivity contribution is 6.31. The monoisotopic (exact) mass is 350 g/mol. The summed E-state index contributed by atoms with van der Waals surface area (Å²) in [5.41, 5.74) is 0.919. The smallest absolute Gasteiger partial charge is 0.227 e. The Kier molecular flexibility index (Phi) is 5.80. The fourth-order valence-corrected chi connectivity index (χ4v) is 4.12. The molecular formula is C19H27ClN2O2. The van der Waals surface area contributed by atoms with Crippen LogP contribution < -0.4 is 0 Å². The SMILES string of the molecule is C[C@@H]1CN(C2CCN(C(=O)Cc3ccccc3Cl)CC2)C[C@H](C)O1. The molecule has 3 rings (SSSR count). The molecule has 2 atom stereocenters. The Morgan fingerprint density at radius 1 is 1.17 bits per heavy atom. The third kappa shape index (κ3) is 4.29. The quantitative estimate of drug-likeness (QED) is 0.840. The Bertz CT molecular complexity index is 562. The van der Waals surface area contributed by atoms with Crippen molar-refractivity contribution in [3.8, 4) is 0 Å². The number of nitrogens with zero attached hydrogens (tertiary/aromatic N) is 2. The van der Waals surface area contributed by atoms with E-state index in [-0.39, 0.29) is 5.91 Å². The van der Waals surface area contributed by atoms with Gasteiger partial charge in [-0.25, -0.2) is 0 Å². The average Bonchev–Trinajstić information content (AvgIpc) is 2.56. The van der Waals surface area contributed by atoms with Crippen LogP contribution in [0.5, 0.6) is 0 Å². The number of benzene rings is 1. The van der Waals surface area contributed by atoms with Crippen LogP contribution in [0.3, 0.4) is 0 Å². The molecule has 2 fully saturated rings. The van der Waals surface area contributed by atoms with Gasteiger partial charge in [0.15, 0.2) is 0 Å². The third-order valence-electron chi connectivity index (χ3n) is 5.08. The first-order valence-corrected chi connectivity index (χ1v) is 9.31. The summed E-state index contributed by atoms with van der Waals surface area (Å²) in [5.74, 6) is 0.185. The van der Waals surface area contributed by atoms with Gasteiger partial charge in [-0.1, -0.05) is 29.8 Å². The highest BCUT2D eigenvalue weighted by atomic mass is 35.5. The largest absolute Gasteiger partial charge is 0.373 e. The number of hydrogen-bond donors (Lipinski definition) is 0. The van der Waals surface area contributed by atoms with Crippen LogP contribution in [0.1, 0.15) is 32.3 Å². The topological polar surface area (TPSA) is 32.8 Å². The summed E-state index contributed by atoms with van der Waals surface area (Å²) in [7, 11) is 0. The number of halogens is 1. The number of ether oxygens (including phenoxy) is 1. The third-order valence-corrected chi connectivity index (χ3v) is 5.45. The molecule has 4 nitrogen and oxygen atoms in total. The van der Waals surface area contributed by atoms with E-state index in [9.17, 15) is 4.79 Å². The zero-order chi connectivity index (χ0) is 17.1. The minimum absolute atomic E-state index is 0.185. The molecule has 5 heteroatoms. The van der Waals surface area contributed by atoms with E-state index in [0.29, 0.717) is 29.7 Å². The molecular weight excluding hydrogens is 324 g/mol. The van der Waals surface area contributed by atoms with Gasteiger partial charge in [-0.3, -0.25) is 9.69 Å². The molecule has 2 saturated heterocycles. The average molecular weight is 351 g/mol. The zero-order valence-electron chi connectivity index (χ0n) is 14.6. The normalized spacial score (nSPS) is 26.5. The van der Waals surface area contributed by atoms with Crippen LogP contribution in [-0.2, 0) is 16.0 Å². The van der Waals surface area contributed by atoms with Crippen molar-refractivity contribution in [1.82, 2.24) is 9.80 Å². The molecule has 0 saturated carbocycles. The van der Waals surface area contributed by atoms with Crippen molar-refractivity contribution in [2.24, 2.45) is 0 Å². The molecule has 2 heterocycles. The second kappa shape index (κ2) is 7.85. The fourth-order valence-electron chi connectivity index (χ4n) is 3.91. The second-order valence-corrected chi connectivity index (χ2v) is 7.50. The van der Waals surface area contributed by atoms with E-state index in [0.717, 1.165) is 44.6 Å². The lowest BCUT2D eigenvalue weighted by Crippen LogP contribution is -2.53. The molecule has 1 amide bonds. The number of carbonyl (C=O) groups is 1. The lowest BCUT2D eigenvalue weighted by molar-refractivity contribution is -0.133. The van der Waals surface area contributed by atoms with Crippen molar-refractivity contribution in [1.29, 1.82) is 0 Å². The summed E-state index contributed by atoms with van der Waals surface area (Å²) in [6.07, 6.45) is 3.10. The number of piperidine rings is 1. The van der Waals surface area contributed by atoms with E-state index >= 15 is 0 Å². The van der Waals surface area contributed by atoms with Gasteiger partial charge in [0.25, 0.3) is 0 Å². The van der Waals surface area contributed by atoms with Crippen molar-refractivity contribution in [2.45, 2.75) is 51.4 Å². The van der Waals surface area contributed by atoms with E-state index in [4.69, 9.17) is 16.3 Å². The summed E-state index contributed by atoms with van der Waals surface area (Å²) in [6.45, 7) is 7.98. The summed E-state index contributed by atoms with van der Waals surface area (Å²) in [5, 5.41) is 0.678. The van der Waals surface area contributed by atoms with Crippen LogP contribution in [0.4, 0.5) is 0 Å². The van der Waals surface area contributed by atoms with Crippen molar-refractivity contribution in [3.63, 3.8) is 0 Å². The van der Waals surface area contributed by atoms with Crippen molar-refractivity contribution in [3.05, 3.63) is 34.9 Å². The van der Waals surface area contributed by atoms with Crippen LogP contribution in [0.15, 0.2) is 24.3 Å². The summed E-state index contributed by atoms with van der Waals surface area (Å²) >= 11 is 6.17. The molecule has 1 aromatic rings. The summed E-state index contributed by atoms with van der Waals surface area (Å²) in [4.78, 5) is 17.1. The van der Waals surface area contributed by atoms with Gasteiger partial charge in [0.05, 0.1) is 18.6 Å². The van der Waals surface area contributed by atoms with Crippen molar-refractivity contribution in [2.75, 3.05) is 26.2 Å². The molecule has 24 heavy (non-hydrogen) atoms. The molecule has 0 bridgehead atoms. The van der Waals surface area contributed by atoms with Crippen molar-refractivity contribution < 1.29 is 9.53 Å². The molecule has 1 aromatic carbocycles. The molecule has 0 N–H and O–H groups in total. The first-order valence-electron chi connectivity index (χ1n) is 8.93. The fraction of sp³-hybridized carbons (Fsp3) is 0.632. The molecule has 0 radical (unpaired) electrons. The maximum absolute atomic E-state index is 12.5. The van der Waals surface area contributed by atoms with E-state index in [1.807, 2.05) is 29.2 Å². The van der Waals surface area contributed by atoms with E-state index in [1.165, 1.54) is 0 Å². The summed E-state index contributed by atoms with van der Waals surface area (Å²) in [6, 6.07) is 8.18. The lowest BCUT2D eigenvalue weighted by Gasteiger charge is -2.43. The second-order valence-electron chi connectivity index (χ2n) is 7.09. The molecule has 2 aliphatic heterocycles. The van der Waals surface area contributed by atoms with E-state index in [1.54, 1.807) is 0 Å². The number of likely N-dealkylation sites (tertiary alicyclic amines) is 1. The zero-order valence-corrected chi connectivity index (χ0v) is 15.3. The van der Waals surface area contributed by atoms with Gasteiger partial charge in [0.1, 0.15) is 0 Å². The van der Waals surface area contributed by atoms with Gasteiger partial charge in [0.2, 0.25) is 5.91 Å².